The number of alkyl halides is 2. The third-order valence-electron chi connectivity index (χ3n) is 6.00. The molecule has 1 unspecified atom stereocenters. The quantitative estimate of drug-likeness (QED) is 0.587. The van der Waals surface area contributed by atoms with E-state index >= 15 is 0 Å². The van der Waals surface area contributed by atoms with Gasteiger partial charge in [0.05, 0.1) is 22.6 Å². The molecule has 0 bridgehead atoms. The number of hydrogen-bond donors (Lipinski definition) is 0. The van der Waals surface area contributed by atoms with Crippen molar-refractivity contribution in [1.82, 2.24) is 19.4 Å². The number of anilines is 1. The van der Waals surface area contributed by atoms with Crippen molar-refractivity contribution in [2.24, 2.45) is 7.05 Å². The molecular weight excluding hydrogens is 443 g/mol. The van der Waals surface area contributed by atoms with Crippen LogP contribution in [0.1, 0.15) is 12.2 Å². The Bertz CT molecular complexity index is 1260. The maximum atomic E-state index is 14.8. The number of hydrogen-bond acceptors (Lipinski definition) is 5. The standard InChI is InChI=1S/C22H23ClF3N5O/c1-12-27-16-10-18(31-8-7-22(25,26)17(11-31)29(2)3)28-20(19(16)21(32)30(12)4)14-6-5-13(23)9-15(14)24/h5-6,9-10,17H,7-8,11H2,1-4H3. The number of likely N-dealkylation sites (N-methyl/N-ethyl adjacent to an activating group) is 1. The van der Waals surface area contributed by atoms with Crippen LogP contribution in [0.4, 0.5) is 19.0 Å². The maximum absolute atomic E-state index is 14.8. The lowest BCUT2D eigenvalue weighted by Gasteiger charge is -2.42. The summed E-state index contributed by atoms with van der Waals surface area (Å²) in [6.07, 6.45) is -0.344. The molecule has 1 aliphatic heterocycles. The minimum absolute atomic E-state index is 0.0326. The van der Waals surface area contributed by atoms with Crippen LogP contribution < -0.4 is 10.5 Å². The van der Waals surface area contributed by atoms with Crippen LogP contribution in [0, 0.1) is 12.7 Å². The van der Waals surface area contributed by atoms with Crippen LogP contribution in [0.5, 0.6) is 0 Å². The molecule has 0 amide bonds. The SMILES string of the molecule is Cc1nc2cc(N3CCC(F)(F)C(N(C)C)C3)nc(-c3ccc(Cl)cc3F)c2c(=O)n1C. The van der Waals surface area contributed by atoms with Gasteiger partial charge in [0.2, 0.25) is 0 Å². The van der Waals surface area contributed by atoms with Crippen molar-refractivity contribution in [3.05, 3.63) is 51.3 Å². The fraction of sp³-hybridized carbons (Fsp3) is 0.409. The Kier molecular flexibility index (Phi) is 5.67. The summed E-state index contributed by atoms with van der Waals surface area (Å²) in [6.45, 7) is 1.79. The number of piperidine rings is 1. The van der Waals surface area contributed by atoms with Gasteiger partial charge >= 0.3 is 0 Å². The van der Waals surface area contributed by atoms with Gasteiger partial charge in [0, 0.05) is 43.2 Å². The summed E-state index contributed by atoms with van der Waals surface area (Å²) in [5, 5.41) is 0.371. The lowest BCUT2D eigenvalue weighted by Crippen LogP contribution is -2.57. The first kappa shape index (κ1) is 22.5. The lowest BCUT2D eigenvalue weighted by molar-refractivity contribution is -0.0816. The summed E-state index contributed by atoms with van der Waals surface area (Å²) in [5.41, 5.74) is 0.167. The zero-order chi connectivity index (χ0) is 23.4. The highest BCUT2D eigenvalue weighted by Gasteiger charge is 2.45. The molecule has 1 saturated heterocycles. The number of halogens is 4. The Morgan fingerprint density at radius 1 is 1.22 bits per heavy atom. The Morgan fingerprint density at radius 2 is 1.94 bits per heavy atom. The summed E-state index contributed by atoms with van der Waals surface area (Å²) >= 11 is 5.90. The number of nitrogens with zero attached hydrogens (tertiary/aromatic N) is 5. The molecule has 170 valence electrons. The normalized spacial score (nSPS) is 18.5. The smallest absolute Gasteiger partial charge is 0.266 e. The molecule has 1 atom stereocenters. The fourth-order valence-electron chi connectivity index (χ4n) is 4.05. The monoisotopic (exact) mass is 465 g/mol. The van der Waals surface area contributed by atoms with E-state index in [9.17, 15) is 18.0 Å². The molecule has 0 spiro atoms. The zero-order valence-corrected chi connectivity index (χ0v) is 18.9. The van der Waals surface area contributed by atoms with E-state index in [4.69, 9.17) is 11.6 Å². The topological polar surface area (TPSA) is 54.3 Å². The van der Waals surface area contributed by atoms with Gasteiger partial charge in [0.1, 0.15) is 17.5 Å². The number of aromatic nitrogens is 3. The third-order valence-corrected chi connectivity index (χ3v) is 6.24. The Balaban J connectivity index is 1.94. The van der Waals surface area contributed by atoms with Crippen molar-refractivity contribution in [2.75, 3.05) is 32.1 Å². The molecule has 0 saturated carbocycles. The summed E-state index contributed by atoms with van der Waals surface area (Å²) in [6, 6.07) is 4.71. The summed E-state index contributed by atoms with van der Waals surface area (Å²) in [5.74, 6) is -2.64. The first-order chi connectivity index (χ1) is 15.0. The molecule has 10 heteroatoms. The van der Waals surface area contributed by atoms with Crippen molar-refractivity contribution in [3.8, 4) is 11.3 Å². The molecule has 1 aromatic carbocycles. The molecular formula is C22H23ClF3N5O. The number of aryl methyl sites for hydroxylation is 1. The molecule has 0 radical (unpaired) electrons. The highest BCUT2D eigenvalue weighted by atomic mass is 35.5. The van der Waals surface area contributed by atoms with Crippen LogP contribution in [0.25, 0.3) is 22.2 Å². The van der Waals surface area contributed by atoms with E-state index in [2.05, 4.69) is 9.97 Å². The van der Waals surface area contributed by atoms with Crippen LogP contribution in [0.15, 0.2) is 29.1 Å². The van der Waals surface area contributed by atoms with Gasteiger partial charge < -0.3 is 4.90 Å². The molecule has 3 heterocycles. The molecule has 3 aromatic rings. The second-order valence-corrected chi connectivity index (χ2v) is 8.74. The van der Waals surface area contributed by atoms with Gasteiger partial charge in [-0.1, -0.05) is 11.6 Å². The Hall–Kier alpha value is -2.65. The Labute approximate surface area is 188 Å². The highest BCUT2D eigenvalue weighted by molar-refractivity contribution is 6.30. The van der Waals surface area contributed by atoms with Crippen molar-refractivity contribution in [2.45, 2.75) is 25.3 Å². The van der Waals surface area contributed by atoms with E-state index in [1.54, 1.807) is 39.0 Å². The van der Waals surface area contributed by atoms with E-state index in [0.29, 0.717) is 17.2 Å². The average Bonchev–Trinajstić information content (AvgIpc) is 2.71. The molecule has 0 N–H and O–H groups in total. The number of benzene rings is 1. The molecule has 1 fully saturated rings. The van der Waals surface area contributed by atoms with Gasteiger partial charge in [0.25, 0.3) is 11.5 Å². The Morgan fingerprint density at radius 3 is 2.59 bits per heavy atom. The summed E-state index contributed by atoms with van der Waals surface area (Å²) < 4.78 is 45.1. The number of fused-ring (bicyclic) bond motifs is 1. The second-order valence-electron chi connectivity index (χ2n) is 8.31. The highest BCUT2D eigenvalue weighted by Crippen LogP contribution is 2.35. The number of pyridine rings is 1. The molecule has 0 aliphatic carbocycles. The molecule has 6 nitrogen and oxygen atoms in total. The van der Waals surface area contributed by atoms with Crippen molar-refractivity contribution in [1.29, 1.82) is 0 Å². The number of rotatable bonds is 3. The van der Waals surface area contributed by atoms with Gasteiger partial charge in [-0.05, 0) is 39.2 Å². The molecule has 4 rings (SSSR count). The lowest BCUT2D eigenvalue weighted by atomic mass is 9.99. The zero-order valence-electron chi connectivity index (χ0n) is 18.2. The first-order valence-corrected chi connectivity index (χ1v) is 10.5. The van der Waals surface area contributed by atoms with Gasteiger partial charge in [-0.25, -0.2) is 23.1 Å². The minimum atomic E-state index is -2.84. The second kappa shape index (κ2) is 8.04. The predicted octanol–water partition coefficient (Wildman–Crippen LogP) is 3.87. The molecule has 2 aromatic heterocycles. The van der Waals surface area contributed by atoms with E-state index in [1.807, 2.05) is 0 Å². The van der Waals surface area contributed by atoms with E-state index in [1.165, 1.54) is 21.6 Å². The average molecular weight is 466 g/mol. The van der Waals surface area contributed by atoms with Crippen molar-refractivity contribution >= 4 is 28.3 Å². The molecule has 32 heavy (non-hydrogen) atoms. The largest absolute Gasteiger partial charge is 0.355 e. The van der Waals surface area contributed by atoms with E-state index in [0.717, 1.165) is 6.07 Å². The van der Waals surface area contributed by atoms with Crippen molar-refractivity contribution < 1.29 is 13.2 Å². The van der Waals surface area contributed by atoms with Crippen LogP contribution >= 0.6 is 11.6 Å². The van der Waals surface area contributed by atoms with E-state index < -0.39 is 17.8 Å². The molecule has 1 aliphatic rings. The van der Waals surface area contributed by atoms with E-state index in [-0.39, 0.29) is 46.7 Å². The minimum Gasteiger partial charge on any atom is -0.355 e. The van der Waals surface area contributed by atoms with Gasteiger partial charge in [-0.3, -0.25) is 14.3 Å². The maximum Gasteiger partial charge on any atom is 0.266 e. The fourth-order valence-corrected chi connectivity index (χ4v) is 4.21. The van der Waals surface area contributed by atoms with Crippen LogP contribution in [-0.4, -0.2) is 58.6 Å². The van der Waals surface area contributed by atoms with Crippen molar-refractivity contribution in [3.63, 3.8) is 0 Å². The summed E-state index contributed by atoms with van der Waals surface area (Å²) in [4.78, 5) is 25.4. The first-order valence-electron chi connectivity index (χ1n) is 10.1. The van der Waals surface area contributed by atoms with Crippen LogP contribution in [0.2, 0.25) is 5.02 Å². The van der Waals surface area contributed by atoms with Crippen LogP contribution in [-0.2, 0) is 7.05 Å². The van der Waals surface area contributed by atoms with Gasteiger partial charge in [-0.2, -0.15) is 0 Å². The van der Waals surface area contributed by atoms with Gasteiger partial charge in [0.15, 0.2) is 0 Å². The predicted molar refractivity (Wildman–Crippen MR) is 119 cm³/mol. The third kappa shape index (κ3) is 3.84. The van der Waals surface area contributed by atoms with Gasteiger partial charge in [-0.15, -0.1) is 0 Å². The summed E-state index contributed by atoms with van der Waals surface area (Å²) in [7, 11) is 4.80. The van der Waals surface area contributed by atoms with Crippen LogP contribution in [0.3, 0.4) is 0 Å².